The van der Waals surface area contributed by atoms with Crippen molar-refractivity contribution in [2.75, 3.05) is 6.61 Å². The number of aliphatic hydroxyl groups is 2. The number of nitrogens with zero attached hydrogens (tertiary/aromatic N) is 1. The van der Waals surface area contributed by atoms with Crippen molar-refractivity contribution in [1.82, 2.24) is 10.2 Å². The molecule has 8 nitrogen and oxygen atoms in total. The summed E-state index contributed by atoms with van der Waals surface area (Å²) in [6.45, 7) is 7.69. The van der Waals surface area contributed by atoms with Crippen LogP contribution in [0.2, 0.25) is 0 Å². The van der Waals surface area contributed by atoms with Crippen molar-refractivity contribution in [2.24, 2.45) is 29.4 Å². The molecule has 1 unspecified atom stereocenters. The van der Waals surface area contributed by atoms with Gasteiger partial charge in [0.05, 0.1) is 37.3 Å². The van der Waals surface area contributed by atoms with E-state index in [1.54, 1.807) is 0 Å². The van der Waals surface area contributed by atoms with Crippen LogP contribution in [0.1, 0.15) is 90.2 Å². The van der Waals surface area contributed by atoms with E-state index < -0.39 is 42.0 Å². The minimum atomic E-state index is -1.34. The number of nitrogens with two attached hydrogens (primary N) is 1. The van der Waals surface area contributed by atoms with Crippen LogP contribution in [0.25, 0.3) is 21.5 Å². The average Bonchev–Trinajstić information content (AvgIpc) is 3.69. The summed E-state index contributed by atoms with van der Waals surface area (Å²) in [5.74, 6) is -1.68. The molecule has 0 radical (unpaired) electrons. The minimum absolute atomic E-state index is 0.0123. The van der Waals surface area contributed by atoms with E-state index in [2.05, 4.69) is 41.7 Å². The zero-order chi connectivity index (χ0) is 38.8. The lowest BCUT2D eigenvalue weighted by molar-refractivity contribution is -0.156. The number of nitrogens with one attached hydrogen (secondary N) is 1. The number of benzene rings is 4. The van der Waals surface area contributed by atoms with Gasteiger partial charge in [-0.2, -0.15) is 0 Å². The summed E-state index contributed by atoms with van der Waals surface area (Å²) in [7, 11) is 0. The van der Waals surface area contributed by atoms with Gasteiger partial charge in [-0.1, -0.05) is 145 Å². The topological polar surface area (TPSA) is 133 Å². The minimum Gasteiger partial charge on any atom is -0.394 e. The van der Waals surface area contributed by atoms with E-state index in [1.165, 1.54) is 4.90 Å². The first-order valence-electron chi connectivity index (χ1n) is 20.1. The second-order valence-electron chi connectivity index (χ2n) is 16.1. The Hall–Kier alpha value is -4.11. The van der Waals surface area contributed by atoms with E-state index in [-0.39, 0.29) is 30.8 Å². The predicted octanol–water partition coefficient (Wildman–Crippen LogP) is 7.35. The van der Waals surface area contributed by atoms with Crippen LogP contribution in [-0.2, 0) is 27.2 Å². The van der Waals surface area contributed by atoms with Crippen molar-refractivity contribution in [2.45, 2.75) is 116 Å². The molecule has 4 aromatic carbocycles. The van der Waals surface area contributed by atoms with Gasteiger partial charge in [-0.3, -0.25) is 19.3 Å². The molecule has 0 bridgehead atoms. The van der Waals surface area contributed by atoms with Gasteiger partial charge in [0.15, 0.2) is 0 Å². The van der Waals surface area contributed by atoms with Gasteiger partial charge in [0, 0.05) is 5.92 Å². The molecule has 1 aliphatic carbocycles. The third kappa shape index (κ3) is 10.3. The van der Waals surface area contributed by atoms with E-state index in [0.29, 0.717) is 31.6 Å². The molecular formula is C46H61N3O5. The van der Waals surface area contributed by atoms with Crippen molar-refractivity contribution in [3.63, 3.8) is 0 Å². The number of carbonyl (C=O) groups is 3. The SMILES string of the molecule is CC[C@H](C)[C@@H](CO)NC(=O)C[C@H](O)[C@H](CC(C)C)N(C(=O)C(N)CC1CCCC1)C(=O)C(Cc1cccc2ccccc12)Cc1cccc2ccccc12. The maximum absolute atomic E-state index is 15.5. The second kappa shape index (κ2) is 19.5. The summed E-state index contributed by atoms with van der Waals surface area (Å²) < 4.78 is 0. The lowest BCUT2D eigenvalue weighted by atomic mass is 9.86. The first-order chi connectivity index (χ1) is 26.0. The highest BCUT2D eigenvalue weighted by molar-refractivity contribution is 6.00. The Morgan fingerprint density at radius 1 is 0.815 bits per heavy atom. The van der Waals surface area contributed by atoms with E-state index in [0.717, 1.165) is 64.8 Å². The number of hydrogen-bond acceptors (Lipinski definition) is 6. The third-order valence-electron chi connectivity index (χ3n) is 11.7. The summed E-state index contributed by atoms with van der Waals surface area (Å²) in [4.78, 5) is 45.0. The third-order valence-corrected chi connectivity index (χ3v) is 11.7. The molecule has 5 atom stereocenters. The molecule has 3 amide bonds. The molecule has 290 valence electrons. The largest absolute Gasteiger partial charge is 0.394 e. The molecule has 5 N–H and O–H groups in total. The number of imide groups is 1. The van der Waals surface area contributed by atoms with Crippen molar-refractivity contribution < 1.29 is 24.6 Å². The van der Waals surface area contributed by atoms with Crippen molar-refractivity contribution in [1.29, 1.82) is 0 Å². The molecule has 5 rings (SSSR count). The van der Waals surface area contributed by atoms with E-state index in [1.807, 2.05) is 76.2 Å². The van der Waals surface area contributed by atoms with Crippen LogP contribution in [-0.4, -0.2) is 63.7 Å². The monoisotopic (exact) mass is 735 g/mol. The normalized spacial score (nSPS) is 16.4. The number of amides is 3. The summed E-state index contributed by atoms with van der Waals surface area (Å²) >= 11 is 0. The van der Waals surface area contributed by atoms with Crippen LogP contribution in [0.5, 0.6) is 0 Å². The van der Waals surface area contributed by atoms with Crippen LogP contribution in [0.15, 0.2) is 84.9 Å². The molecule has 0 spiro atoms. The Bertz CT molecular complexity index is 1760. The maximum atomic E-state index is 15.5. The first-order valence-corrected chi connectivity index (χ1v) is 20.1. The standard InChI is InChI=1S/C46H61N3O5/c1-5-31(4)41(29-50)48-44(52)28-43(51)42(24-30(2)3)49(46(54)40(47)25-32-14-6-7-15-32)45(53)37(26-35-20-12-18-33-16-8-10-22-38(33)35)27-36-21-13-19-34-17-9-11-23-39(34)36/h8-13,16-23,30-32,37,40-43,50-51H,5-7,14-15,24-29,47H2,1-4H3,(H,48,52)/t31-,40?,41+,42-,43-/m0/s1. The van der Waals surface area contributed by atoms with Crippen LogP contribution in [0.3, 0.4) is 0 Å². The highest BCUT2D eigenvalue weighted by atomic mass is 16.3. The Morgan fingerprint density at radius 2 is 1.35 bits per heavy atom. The number of fused-ring (bicyclic) bond motifs is 2. The van der Waals surface area contributed by atoms with Gasteiger partial charge < -0.3 is 21.3 Å². The predicted molar refractivity (Wildman–Crippen MR) is 218 cm³/mol. The fraction of sp³-hybridized carbons (Fsp3) is 0.500. The average molecular weight is 736 g/mol. The van der Waals surface area contributed by atoms with Gasteiger partial charge in [-0.05, 0) is 76.1 Å². The maximum Gasteiger partial charge on any atom is 0.246 e. The summed E-state index contributed by atoms with van der Waals surface area (Å²) in [5.41, 5.74) is 8.75. The lowest BCUT2D eigenvalue weighted by Gasteiger charge is -2.38. The summed E-state index contributed by atoms with van der Waals surface area (Å²) in [5, 5.41) is 29.1. The van der Waals surface area contributed by atoms with E-state index in [9.17, 15) is 19.8 Å². The fourth-order valence-electron chi connectivity index (χ4n) is 8.40. The first kappa shape index (κ1) is 41.1. The Morgan fingerprint density at radius 3 is 1.87 bits per heavy atom. The number of hydrogen-bond donors (Lipinski definition) is 4. The molecule has 0 heterocycles. The number of rotatable bonds is 18. The van der Waals surface area contributed by atoms with Gasteiger partial charge in [0.1, 0.15) is 0 Å². The molecular weight excluding hydrogens is 675 g/mol. The van der Waals surface area contributed by atoms with E-state index in [4.69, 9.17) is 5.73 Å². The highest BCUT2D eigenvalue weighted by Crippen LogP contribution is 2.32. The molecule has 54 heavy (non-hydrogen) atoms. The lowest BCUT2D eigenvalue weighted by Crippen LogP contribution is -2.58. The zero-order valence-electron chi connectivity index (χ0n) is 32.6. The molecule has 0 aliphatic heterocycles. The highest BCUT2D eigenvalue weighted by Gasteiger charge is 2.41. The molecule has 4 aromatic rings. The second-order valence-corrected chi connectivity index (χ2v) is 16.1. The van der Waals surface area contributed by atoms with Crippen LogP contribution in [0, 0.1) is 23.7 Å². The van der Waals surface area contributed by atoms with Crippen LogP contribution >= 0.6 is 0 Å². The van der Waals surface area contributed by atoms with Gasteiger partial charge in [0.25, 0.3) is 0 Å². The van der Waals surface area contributed by atoms with Crippen LogP contribution < -0.4 is 11.1 Å². The van der Waals surface area contributed by atoms with Gasteiger partial charge in [-0.15, -0.1) is 0 Å². The molecule has 1 aliphatic rings. The molecule has 0 saturated heterocycles. The number of carbonyl (C=O) groups excluding carboxylic acids is 3. The zero-order valence-corrected chi connectivity index (χ0v) is 32.6. The Labute approximate surface area is 321 Å². The molecule has 1 fully saturated rings. The van der Waals surface area contributed by atoms with Crippen LogP contribution in [0.4, 0.5) is 0 Å². The van der Waals surface area contributed by atoms with Crippen molar-refractivity contribution in [3.8, 4) is 0 Å². The fourth-order valence-corrected chi connectivity index (χ4v) is 8.40. The smallest absolute Gasteiger partial charge is 0.246 e. The number of aliphatic hydroxyl groups excluding tert-OH is 2. The quantitative estimate of drug-likeness (QED) is 0.0846. The molecule has 8 heteroatoms. The Kier molecular flexibility index (Phi) is 14.8. The Balaban J connectivity index is 1.57. The molecule has 0 aromatic heterocycles. The van der Waals surface area contributed by atoms with Crippen molar-refractivity contribution in [3.05, 3.63) is 96.1 Å². The van der Waals surface area contributed by atoms with Crippen molar-refractivity contribution >= 4 is 39.3 Å². The molecule has 1 saturated carbocycles. The summed E-state index contributed by atoms with van der Waals surface area (Å²) in [6, 6.07) is 26.0. The summed E-state index contributed by atoms with van der Waals surface area (Å²) in [6.07, 6.45) is 4.79. The van der Waals surface area contributed by atoms with Gasteiger partial charge in [-0.25, -0.2) is 0 Å². The van der Waals surface area contributed by atoms with Gasteiger partial charge >= 0.3 is 0 Å². The van der Waals surface area contributed by atoms with Gasteiger partial charge in [0.2, 0.25) is 17.7 Å². The van der Waals surface area contributed by atoms with E-state index >= 15 is 4.79 Å².